The van der Waals surface area contributed by atoms with Crippen molar-refractivity contribution in [1.29, 1.82) is 0 Å². The number of allylic oxidation sites excluding steroid dienone is 4. The highest BCUT2D eigenvalue weighted by molar-refractivity contribution is 6.05. The van der Waals surface area contributed by atoms with E-state index >= 15 is 0 Å². The third-order valence-electron chi connectivity index (χ3n) is 7.81. The quantitative estimate of drug-likeness (QED) is 0.445. The molecule has 4 aliphatic carbocycles. The van der Waals surface area contributed by atoms with Crippen LogP contribution in [0.5, 0.6) is 0 Å². The number of piperidine rings is 1. The van der Waals surface area contributed by atoms with Gasteiger partial charge in [0.25, 0.3) is 0 Å². The van der Waals surface area contributed by atoms with Crippen LogP contribution < -0.4 is 0 Å². The second-order valence-electron chi connectivity index (χ2n) is 9.50. The maximum Gasteiger partial charge on any atom is 0.220 e. The maximum absolute atomic E-state index is 12.2. The minimum Gasteiger partial charge on any atom is -0.504 e. The lowest BCUT2D eigenvalue weighted by atomic mass is 9.48. The van der Waals surface area contributed by atoms with E-state index in [-0.39, 0.29) is 25.0 Å². The van der Waals surface area contributed by atoms with Gasteiger partial charge in [0.2, 0.25) is 5.78 Å². The number of ketones is 1. The first-order valence-corrected chi connectivity index (χ1v) is 9.91. The lowest BCUT2D eigenvalue weighted by Gasteiger charge is -2.65. The van der Waals surface area contributed by atoms with Crippen LogP contribution in [0, 0.1) is 18.8 Å². The number of nitrogens with zero attached hydrogens (tertiary/aromatic N) is 1. The van der Waals surface area contributed by atoms with E-state index in [9.17, 15) is 15.0 Å². The first-order valence-electron chi connectivity index (χ1n) is 9.91. The van der Waals surface area contributed by atoms with Crippen molar-refractivity contribution in [3.8, 4) is 0 Å². The Hall–Kier alpha value is -1.65. The summed E-state index contributed by atoms with van der Waals surface area (Å²) in [6.45, 7) is 6.29. The number of quaternary nitrogens is 1. The van der Waals surface area contributed by atoms with Gasteiger partial charge in [-0.2, -0.15) is 0 Å². The summed E-state index contributed by atoms with van der Waals surface area (Å²) < 4.78 is 0.870. The third-order valence-corrected chi connectivity index (χ3v) is 7.81. The number of fused-ring (bicyclic) bond motifs is 1. The average Bonchev–Trinajstić information content (AvgIpc) is 3.39. The predicted octanol–water partition coefficient (Wildman–Crippen LogP) is 3.41. The van der Waals surface area contributed by atoms with E-state index in [4.69, 9.17) is 0 Å². The van der Waals surface area contributed by atoms with Gasteiger partial charge in [0.1, 0.15) is 11.6 Å². The zero-order valence-electron chi connectivity index (χ0n) is 16.5. The van der Waals surface area contributed by atoms with E-state index in [1.54, 1.807) is 0 Å². The smallest absolute Gasteiger partial charge is 0.220 e. The second-order valence-corrected chi connectivity index (χ2v) is 9.50. The second kappa shape index (κ2) is 5.68. The highest BCUT2D eigenvalue weighted by Crippen LogP contribution is 2.64. The molecule has 5 rings (SSSR count). The Morgan fingerprint density at radius 1 is 1.30 bits per heavy atom. The lowest BCUT2D eigenvalue weighted by molar-refractivity contribution is -0.944. The number of carbonyl (C=O) groups is 1. The molecule has 27 heavy (non-hydrogen) atoms. The van der Waals surface area contributed by atoms with Gasteiger partial charge in [-0.3, -0.25) is 4.79 Å². The van der Waals surface area contributed by atoms with Crippen molar-refractivity contribution in [2.75, 3.05) is 20.1 Å². The van der Waals surface area contributed by atoms with Crippen LogP contribution in [-0.2, 0) is 4.79 Å². The monoisotopic (exact) mass is 369 g/mol. The van der Waals surface area contributed by atoms with Gasteiger partial charge in [-0.05, 0) is 49.8 Å². The molecule has 146 valence electrons. The van der Waals surface area contributed by atoms with Crippen molar-refractivity contribution in [2.24, 2.45) is 11.3 Å². The van der Waals surface area contributed by atoms with Crippen molar-refractivity contribution in [1.82, 2.24) is 0 Å². The number of hydrogen-bond donors (Lipinski definition) is 2. The Bertz CT molecular complexity index is 817. The SMILES string of the molecule is C=C1CC[C@@]2(O)[C@H]3C=C4C=CC(=O)C(O)=C4[C@@]2(CC[N+]3(C)CC2CC2)C1.[CH3-]. The first-order chi connectivity index (χ1) is 12.3. The Kier molecular flexibility index (Phi) is 3.93. The molecule has 1 unspecified atom stereocenters. The fourth-order valence-electron chi connectivity index (χ4n) is 6.35. The van der Waals surface area contributed by atoms with Crippen LogP contribution in [0.4, 0.5) is 0 Å². The highest BCUT2D eigenvalue weighted by Gasteiger charge is 2.69. The zero-order valence-corrected chi connectivity index (χ0v) is 16.5. The molecule has 4 atom stereocenters. The van der Waals surface area contributed by atoms with E-state index < -0.39 is 11.0 Å². The molecule has 2 saturated carbocycles. The van der Waals surface area contributed by atoms with Crippen LogP contribution in [0.2, 0.25) is 0 Å². The summed E-state index contributed by atoms with van der Waals surface area (Å²) in [5.41, 5.74) is 1.24. The van der Waals surface area contributed by atoms with Gasteiger partial charge in [0.15, 0.2) is 5.76 Å². The van der Waals surface area contributed by atoms with Crippen molar-refractivity contribution >= 4 is 5.78 Å². The number of hydrogen-bond acceptors (Lipinski definition) is 3. The number of likely N-dealkylation sites (N-methyl/N-ethyl adjacent to an activating group) is 1. The average molecular weight is 370 g/mol. The number of likely N-dealkylation sites (tertiary alicyclic amines) is 1. The Labute approximate surface area is 162 Å². The molecular weight excluding hydrogens is 338 g/mol. The summed E-state index contributed by atoms with van der Waals surface area (Å²) in [4.78, 5) is 12.2. The minimum absolute atomic E-state index is 0. The van der Waals surface area contributed by atoms with Crippen LogP contribution in [0.3, 0.4) is 0 Å². The van der Waals surface area contributed by atoms with Gasteiger partial charge >= 0.3 is 0 Å². The molecule has 1 saturated heterocycles. The third kappa shape index (κ3) is 2.32. The summed E-state index contributed by atoms with van der Waals surface area (Å²) in [6, 6.07) is 0.00866. The standard InChI is InChI=1S/C22H27NO3.CH3/c1-14-7-8-22(26)18-11-16-5-6-17(24)20(25)19(16)21(22,12-14)9-10-23(18,2)13-15-3-4-15;/h5-6,11,15,18,26H,1,3-4,7-10,12-13H2,2H3;1H3/q;-1/p+1/t18-,21-,22-,23?;/m1./s1. The summed E-state index contributed by atoms with van der Waals surface area (Å²) in [5, 5.41) is 22.8. The molecular formula is C23H31NO3. The van der Waals surface area contributed by atoms with Crippen molar-refractivity contribution < 1.29 is 19.5 Å². The lowest BCUT2D eigenvalue weighted by Crippen LogP contribution is -2.75. The molecule has 1 aliphatic heterocycles. The molecule has 2 N–H and O–H groups in total. The van der Waals surface area contributed by atoms with Crippen LogP contribution in [0.1, 0.15) is 38.5 Å². The fourth-order valence-corrected chi connectivity index (χ4v) is 6.35. The molecule has 1 heterocycles. The minimum atomic E-state index is -0.922. The number of rotatable bonds is 2. The maximum atomic E-state index is 12.2. The van der Waals surface area contributed by atoms with Crippen molar-refractivity contribution in [2.45, 2.75) is 50.2 Å². The number of aliphatic hydroxyl groups excluding tert-OH is 1. The van der Waals surface area contributed by atoms with Crippen LogP contribution in [-0.4, -0.2) is 52.3 Å². The Morgan fingerprint density at radius 2 is 2.04 bits per heavy atom. The summed E-state index contributed by atoms with van der Waals surface area (Å²) in [6.07, 6.45) is 11.0. The molecule has 0 aromatic heterocycles. The molecule has 0 spiro atoms. The van der Waals surface area contributed by atoms with Gasteiger partial charge in [0.05, 0.1) is 20.1 Å². The molecule has 4 heteroatoms. The fraction of sp³-hybridized carbons (Fsp3) is 0.565. The molecule has 0 radical (unpaired) electrons. The normalized spacial score (nSPS) is 42.9. The topological polar surface area (TPSA) is 57.5 Å². The zero-order chi connectivity index (χ0) is 18.3. The number of aliphatic hydroxyl groups is 2. The van der Waals surface area contributed by atoms with Crippen molar-refractivity contribution in [3.63, 3.8) is 0 Å². The van der Waals surface area contributed by atoms with E-state index in [0.717, 1.165) is 47.5 Å². The molecule has 4 nitrogen and oxygen atoms in total. The summed E-state index contributed by atoms with van der Waals surface area (Å²) in [7, 11) is 2.29. The van der Waals surface area contributed by atoms with Gasteiger partial charge in [-0.25, -0.2) is 0 Å². The largest absolute Gasteiger partial charge is 0.504 e. The molecule has 0 aromatic rings. The van der Waals surface area contributed by atoms with Gasteiger partial charge in [-0.15, -0.1) is 0 Å². The van der Waals surface area contributed by atoms with Crippen LogP contribution in [0.15, 0.2) is 47.3 Å². The Morgan fingerprint density at radius 3 is 2.74 bits per heavy atom. The van der Waals surface area contributed by atoms with Gasteiger partial charge < -0.3 is 22.1 Å². The van der Waals surface area contributed by atoms with E-state index in [1.165, 1.54) is 18.9 Å². The first kappa shape index (κ1) is 18.7. The van der Waals surface area contributed by atoms with Gasteiger partial charge in [0, 0.05) is 23.3 Å². The van der Waals surface area contributed by atoms with Crippen LogP contribution in [0.25, 0.3) is 0 Å². The molecule has 3 fully saturated rings. The van der Waals surface area contributed by atoms with E-state index in [1.807, 2.05) is 6.08 Å². The highest BCUT2D eigenvalue weighted by atomic mass is 16.3. The number of carbonyl (C=O) groups excluding carboxylic acids is 1. The summed E-state index contributed by atoms with van der Waals surface area (Å²) >= 11 is 0. The van der Waals surface area contributed by atoms with E-state index in [2.05, 4.69) is 19.7 Å². The molecule has 0 amide bonds. The van der Waals surface area contributed by atoms with E-state index in [0.29, 0.717) is 18.4 Å². The Balaban J connectivity index is 0.00000180. The summed E-state index contributed by atoms with van der Waals surface area (Å²) in [5.74, 6) is 0.273. The molecule has 5 aliphatic rings. The molecule has 2 bridgehead atoms. The van der Waals surface area contributed by atoms with Gasteiger partial charge in [-0.1, -0.05) is 18.2 Å². The molecule has 0 aromatic carbocycles. The van der Waals surface area contributed by atoms with Crippen LogP contribution >= 0.6 is 0 Å². The van der Waals surface area contributed by atoms with Crippen molar-refractivity contribution in [3.05, 3.63) is 54.7 Å². The predicted molar refractivity (Wildman–Crippen MR) is 106 cm³/mol.